The molecule has 0 amide bonds. The highest BCUT2D eigenvalue weighted by molar-refractivity contribution is 6.43. The number of nitrogens with two attached hydrogens (primary N) is 1. The number of nitrogen functional groups attached to an aromatic ring is 1. The first-order valence-corrected chi connectivity index (χ1v) is 8.37. The summed E-state index contributed by atoms with van der Waals surface area (Å²) in [5.74, 6) is 0.969. The Morgan fingerprint density at radius 3 is 2.32 bits per heavy atom. The Hall–Kier alpha value is -2.50. The Kier molecular flexibility index (Phi) is 4.97. The first-order valence-electron chi connectivity index (χ1n) is 7.61. The van der Waals surface area contributed by atoms with Crippen LogP contribution >= 0.6 is 23.2 Å². The molecule has 0 saturated carbocycles. The summed E-state index contributed by atoms with van der Waals surface area (Å²) in [6.45, 7) is 4.05. The van der Waals surface area contributed by atoms with Gasteiger partial charge in [0, 0.05) is 5.69 Å². The van der Waals surface area contributed by atoms with E-state index in [-0.39, 0.29) is 0 Å². The smallest absolute Gasteiger partial charge is 0.159 e. The average Bonchev–Trinajstić information content (AvgIpc) is 2.58. The maximum absolute atomic E-state index is 6.23. The summed E-state index contributed by atoms with van der Waals surface area (Å²) < 4.78 is 0. The van der Waals surface area contributed by atoms with Crippen LogP contribution < -0.4 is 16.4 Å². The zero-order valence-electron chi connectivity index (χ0n) is 13.8. The number of aryl methyl sites for hydroxylation is 2. The van der Waals surface area contributed by atoms with Crippen molar-refractivity contribution < 1.29 is 0 Å². The normalized spacial score (nSPS) is 10.6. The number of aromatic nitrogens is 2. The Labute approximate surface area is 156 Å². The standard InChI is InChI=1S/C18H17Cl2N5/c1-10-6-7-11(2)14(8-10)25-18-16(21)17(22-9-23-18)24-13-5-3-4-12(19)15(13)20/h3-9H,21H2,1-2H3,(H2,22,23,24,25). The van der Waals surface area contributed by atoms with Crippen molar-refractivity contribution >= 4 is 51.9 Å². The van der Waals surface area contributed by atoms with Gasteiger partial charge in [-0.15, -0.1) is 0 Å². The molecular weight excluding hydrogens is 357 g/mol. The number of halogens is 2. The van der Waals surface area contributed by atoms with Crippen LogP contribution in [0.2, 0.25) is 10.0 Å². The van der Waals surface area contributed by atoms with Crippen LogP contribution in [0, 0.1) is 13.8 Å². The second-order valence-corrected chi connectivity index (χ2v) is 6.44. The van der Waals surface area contributed by atoms with E-state index >= 15 is 0 Å². The topological polar surface area (TPSA) is 75.9 Å². The second-order valence-electron chi connectivity index (χ2n) is 5.65. The highest BCUT2D eigenvalue weighted by atomic mass is 35.5. The monoisotopic (exact) mass is 373 g/mol. The van der Waals surface area contributed by atoms with E-state index in [9.17, 15) is 0 Å². The van der Waals surface area contributed by atoms with Gasteiger partial charge in [0.15, 0.2) is 11.6 Å². The predicted octanol–water partition coefficient (Wildman–Crippen LogP) is 5.47. The predicted molar refractivity (Wildman–Crippen MR) is 105 cm³/mol. The molecule has 0 fully saturated rings. The molecule has 0 aliphatic rings. The Morgan fingerprint density at radius 1 is 0.920 bits per heavy atom. The van der Waals surface area contributed by atoms with Crippen molar-refractivity contribution in [3.63, 3.8) is 0 Å². The average molecular weight is 374 g/mol. The fraction of sp³-hybridized carbons (Fsp3) is 0.111. The molecule has 4 N–H and O–H groups in total. The highest BCUT2D eigenvalue weighted by Crippen LogP contribution is 2.34. The van der Waals surface area contributed by atoms with Crippen molar-refractivity contribution in [2.45, 2.75) is 13.8 Å². The van der Waals surface area contributed by atoms with E-state index in [1.54, 1.807) is 18.2 Å². The number of hydrogen-bond donors (Lipinski definition) is 3. The van der Waals surface area contributed by atoms with Gasteiger partial charge in [-0.3, -0.25) is 0 Å². The molecule has 25 heavy (non-hydrogen) atoms. The minimum atomic E-state index is 0.388. The largest absolute Gasteiger partial charge is 0.393 e. The Bertz CT molecular complexity index is 905. The number of nitrogens with one attached hydrogen (secondary N) is 2. The van der Waals surface area contributed by atoms with E-state index in [1.807, 2.05) is 26.0 Å². The first-order chi connectivity index (χ1) is 12.0. The fourth-order valence-corrected chi connectivity index (χ4v) is 2.67. The summed E-state index contributed by atoms with van der Waals surface area (Å²) in [5.41, 5.74) is 10.4. The first kappa shape index (κ1) is 17.3. The molecule has 0 aliphatic carbocycles. The minimum Gasteiger partial charge on any atom is -0.393 e. The van der Waals surface area contributed by atoms with E-state index in [2.05, 4.69) is 26.7 Å². The third-order valence-electron chi connectivity index (χ3n) is 3.73. The van der Waals surface area contributed by atoms with E-state index in [1.165, 1.54) is 6.33 Å². The van der Waals surface area contributed by atoms with Crippen LogP contribution in [0.5, 0.6) is 0 Å². The number of rotatable bonds is 4. The van der Waals surface area contributed by atoms with E-state index in [4.69, 9.17) is 28.9 Å². The molecule has 0 saturated heterocycles. The van der Waals surface area contributed by atoms with Crippen LogP contribution in [0.1, 0.15) is 11.1 Å². The van der Waals surface area contributed by atoms with Crippen molar-refractivity contribution in [1.29, 1.82) is 0 Å². The van der Waals surface area contributed by atoms with Crippen molar-refractivity contribution in [3.05, 3.63) is 63.9 Å². The Balaban J connectivity index is 1.92. The summed E-state index contributed by atoms with van der Waals surface area (Å²) in [5, 5.41) is 7.22. The molecule has 3 rings (SSSR count). The summed E-state index contributed by atoms with van der Waals surface area (Å²) in [6, 6.07) is 11.4. The van der Waals surface area contributed by atoms with Crippen molar-refractivity contribution in [2.75, 3.05) is 16.4 Å². The molecule has 3 aromatic rings. The third-order valence-corrected chi connectivity index (χ3v) is 4.55. The van der Waals surface area contributed by atoms with E-state index in [0.717, 1.165) is 16.8 Å². The van der Waals surface area contributed by atoms with Gasteiger partial charge < -0.3 is 16.4 Å². The minimum absolute atomic E-state index is 0.388. The molecule has 0 radical (unpaired) electrons. The van der Waals surface area contributed by atoms with Crippen LogP contribution in [-0.4, -0.2) is 9.97 Å². The van der Waals surface area contributed by atoms with Gasteiger partial charge in [0.2, 0.25) is 0 Å². The fourth-order valence-electron chi connectivity index (χ4n) is 2.32. The molecule has 1 aromatic heterocycles. The van der Waals surface area contributed by atoms with Gasteiger partial charge in [-0.25, -0.2) is 9.97 Å². The molecule has 0 aliphatic heterocycles. The van der Waals surface area contributed by atoms with Crippen LogP contribution in [0.25, 0.3) is 0 Å². The highest BCUT2D eigenvalue weighted by Gasteiger charge is 2.12. The second kappa shape index (κ2) is 7.17. The van der Waals surface area contributed by atoms with Gasteiger partial charge in [-0.2, -0.15) is 0 Å². The van der Waals surface area contributed by atoms with E-state index in [0.29, 0.717) is 33.1 Å². The van der Waals surface area contributed by atoms with Crippen LogP contribution in [0.15, 0.2) is 42.7 Å². The molecule has 7 heteroatoms. The SMILES string of the molecule is Cc1ccc(C)c(Nc2ncnc(Nc3cccc(Cl)c3Cl)c2N)c1. The lowest BCUT2D eigenvalue weighted by Gasteiger charge is -2.15. The summed E-state index contributed by atoms with van der Waals surface area (Å²) in [7, 11) is 0. The van der Waals surface area contributed by atoms with Gasteiger partial charge in [-0.1, -0.05) is 41.4 Å². The summed E-state index contributed by atoms with van der Waals surface area (Å²) in [4.78, 5) is 8.44. The summed E-state index contributed by atoms with van der Waals surface area (Å²) >= 11 is 12.3. The van der Waals surface area contributed by atoms with Gasteiger partial charge in [0.1, 0.15) is 12.0 Å². The van der Waals surface area contributed by atoms with Crippen LogP contribution in [0.4, 0.5) is 28.7 Å². The Morgan fingerprint density at radius 2 is 1.60 bits per heavy atom. The number of nitrogens with zero attached hydrogens (tertiary/aromatic N) is 2. The quantitative estimate of drug-likeness (QED) is 0.565. The molecule has 0 unspecified atom stereocenters. The molecule has 0 spiro atoms. The van der Waals surface area contributed by atoms with Crippen molar-refractivity contribution in [2.24, 2.45) is 0 Å². The molecule has 2 aromatic carbocycles. The molecular formula is C18H17Cl2N5. The molecule has 0 atom stereocenters. The van der Waals surface area contributed by atoms with Gasteiger partial charge in [0.05, 0.1) is 15.7 Å². The third kappa shape index (κ3) is 3.78. The zero-order chi connectivity index (χ0) is 18.0. The molecule has 5 nitrogen and oxygen atoms in total. The molecule has 128 valence electrons. The van der Waals surface area contributed by atoms with Crippen LogP contribution in [0.3, 0.4) is 0 Å². The lowest BCUT2D eigenvalue weighted by molar-refractivity contribution is 1.17. The molecule has 1 heterocycles. The maximum Gasteiger partial charge on any atom is 0.159 e. The van der Waals surface area contributed by atoms with Crippen molar-refractivity contribution in [1.82, 2.24) is 9.97 Å². The lowest BCUT2D eigenvalue weighted by atomic mass is 10.1. The van der Waals surface area contributed by atoms with E-state index < -0.39 is 0 Å². The number of anilines is 5. The number of benzene rings is 2. The van der Waals surface area contributed by atoms with Gasteiger partial charge in [-0.05, 0) is 43.2 Å². The van der Waals surface area contributed by atoms with Gasteiger partial charge in [0.25, 0.3) is 0 Å². The molecule has 0 bridgehead atoms. The van der Waals surface area contributed by atoms with Crippen LogP contribution in [-0.2, 0) is 0 Å². The maximum atomic E-state index is 6.23. The zero-order valence-corrected chi connectivity index (χ0v) is 15.3. The van der Waals surface area contributed by atoms with Crippen molar-refractivity contribution in [3.8, 4) is 0 Å². The van der Waals surface area contributed by atoms with Gasteiger partial charge >= 0.3 is 0 Å². The number of hydrogen-bond acceptors (Lipinski definition) is 5. The lowest BCUT2D eigenvalue weighted by Crippen LogP contribution is -2.06. The summed E-state index contributed by atoms with van der Waals surface area (Å²) in [6.07, 6.45) is 1.44.